The van der Waals surface area contributed by atoms with Crippen molar-refractivity contribution in [2.75, 3.05) is 13.1 Å². The van der Waals surface area contributed by atoms with E-state index in [1.165, 1.54) is 0 Å². The van der Waals surface area contributed by atoms with Gasteiger partial charge in [-0.15, -0.1) is 0 Å². The summed E-state index contributed by atoms with van der Waals surface area (Å²) in [4.78, 5) is 1.78. The molecule has 0 saturated carbocycles. The average molecular weight is 355 g/mol. The molecule has 1 heterocycles. The van der Waals surface area contributed by atoms with E-state index in [1.807, 2.05) is 18.2 Å². The van der Waals surface area contributed by atoms with E-state index in [4.69, 9.17) is 0 Å². The normalized spacial score (nSPS) is 20.2. The van der Waals surface area contributed by atoms with Crippen molar-refractivity contribution in [1.29, 1.82) is 0 Å². The summed E-state index contributed by atoms with van der Waals surface area (Å²) in [5.74, 6) is -2.52. The Labute approximate surface area is 110 Å². The fourth-order valence-corrected chi connectivity index (χ4v) is 3.10. The Morgan fingerprint density at radius 3 is 2.38 bits per heavy atom. The first-order chi connectivity index (χ1) is 7.48. The SMILES string of the molecule is FC1(F)CCN(Cc2c(Br)cccc2Br)C1. The molecule has 1 aliphatic rings. The Balaban J connectivity index is 2.11. The lowest BCUT2D eigenvalue weighted by molar-refractivity contribution is 0.0115. The summed E-state index contributed by atoms with van der Waals surface area (Å²) in [5, 5.41) is 0. The lowest BCUT2D eigenvalue weighted by Crippen LogP contribution is -2.25. The molecule has 1 fully saturated rings. The van der Waals surface area contributed by atoms with E-state index in [-0.39, 0.29) is 13.0 Å². The molecular weight excluding hydrogens is 344 g/mol. The van der Waals surface area contributed by atoms with Crippen LogP contribution in [0.3, 0.4) is 0 Å². The van der Waals surface area contributed by atoms with E-state index >= 15 is 0 Å². The maximum Gasteiger partial charge on any atom is 0.261 e. The monoisotopic (exact) mass is 353 g/mol. The molecule has 1 aromatic carbocycles. The topological polar surface area (TPSA) is 3.24 Å². The molecule has 1 nitrogen and oxygen atoms in total. The fourth-order valence-electron chi connectivity index (χ4n) is 1.85. The van der Waals surface area contributed by atoms with Gasteiger partial charge < -0.3 is 0 Å². The summed E-state index contributed by atoms with van der Waals surface area (Å²) < 4.78 is 28.0. The van der Waals surface area contributed by atoms with Gasteiger partial charge in [-0.05, 0) is 17.7 Å². The molecule has 1 saturated heterocycles. The van der Waals surface area contributed by atoms with Crippen molar-refractivity contribution in [3.63, 3.8) is 0 Å². The number of likely N-dealkylation sites (tertiary alicyclic amines) is 1. The van der Waals surface area contributed by atoms with E-state index in [0.717, 1.165) is 14.5 Å². The third-order valence-electron chi connectivity index (χ3n) is 2.69. The summed E-state index contributed by atoms with van der Waals surface area (Å²) in [6, 6.07) is 5.76. The predicted molar refractivity (Wildman–Crippen MR) is 66.7 cm³/mol. The van der Waals surface area contributed by atoms with Crippen molar-refractivity contribution in [1.82, 2.24) is 4.90 Å². The standard InChI is InChI=1S/C11H11Br2F2N/c12-9-2-1-3-10(13)8(9)6-16-5-4-11(14,15)7-16/h1-3H,4-7H2. The van der Waals surface area contributed by atoms with Gasteiger partial charge in [-0.25, -0.2) is 8.78 Å². The molecule has 0 radical (unpaired) electrons. The van der Waals surface area contributed by atoms with Crippen LogP contribution in [0, 0.1) is 0 Å². The van der Waals surface area contributed by atoms with Crippen molar-refractivity contribution < 1.29 is 8.78 Å². The Hall–Kier alpha value is -0.000000000000000111. The number of nitrogens with zero attached hydrogens (tertiary/aromatic N) is 1. The van der Waals surface area contributed by atoms with Crippen LogP contribution in [0.15, 0.2) is 27.1 Å². The van der Waals surface area contributed by atoms with E-state index in [2.05, 4.69) is 31.9 Å². The van der Waals surface area contributed by atoms with Crippen LogP contribution in [0.1, 0.15) is 12.0 Å². The molecule has 0 aliphatic carbocycles. The number of benzene rings is 1. The lowest BCUT2D eigenvalue weighted by Gasteiger charge is -2.17. The highest BCUT2D eigenvalue weighted by Gasteiger charge is 2.38. The molecule has 2 rings (SSSR count). The van der Waals surface area contributed by atoms with Gasteiger partial charge in [-0.3, -0.25) is 4.90 Å². The summed E-state index contributed by atoms with van der Waals surface area (Å²) in [7, 11) is 0. The Morgan fingerprint density at radius 2 is 1.88 bits per heavy atom. The molecule has 5 heteroatoms. The maximum absolute atomic E-state index is 13.0. The van der Waals surface area contributed by atoms with E-state index in [1.54, 1.807) is 4.90 Å². The molecule has 0 aromatic heterocycles. The minimum absolute atomic E-state index is 0.0327. The second-order valence-corrected chi connectivity index (χ2v) is 5.73. The summed E-state index contributed by atoms with van der Waals surface area (Å²) in [5.41, 5.74) is 1.03. The van der Waals surface area contributed by atoms with Gasteiger partial charge in [0.05, 0.1) is 6.54 Å². The Morgan fingerprint density at radius 1 is 1.25 bits per heavy atom. The molecule has 0 spiro atoms. The largest absolute Gasteiger partial charge is 0.293 e. The molecule has 0 unspecified atom stereocenters. The molecule has 0 atom stereocenters. The highest BCUT2D eigenvalue weighted by Crippen LogP contribution is 2.31. The molecule has 0 N–H and O–H groups in total. The molecule has 0 amide bonds. The lowest BCUT2D eigenvalue weighted by atomic mass is 10.2. The minimum atomic E-state index is -2.52. The van der Waals surface area contributed by atoms with Crippen molar-refractivity contribution in [2.24, 2.45) is 0 Å². The van der Waals surface area contributed by atoms with Gasteiger partial charge in [0.2, 0.25) is 0 Å². The van der Waals surface area contributed by atoms with Crippen molar-refractivity contribution in [3.8, 4) is 0 Å². The minimum Gasteiger partial charge on any atom is -0.293 e. The van der Waals surface area contributed by atoms with Gasteiger partial charge in [-0.2, -0.15) is 0 Å². The molecule has 1 aromatic rings. The van der Waals surface area contributed by atoms with Crippen LogP contribution in [0.25, 0.3) is 0 Å². The first kappa shape index (κ1) is 12.5. The van der Waals surface area contributed by atoms with Gasteiger partial charge in [0.25, 0.3) is 5.92 Å². The van der Waals surface area contributed by atoms with Gasteiger partial charge in [0.15, 0.2) is 0 Å². The van der Waals surface area contributed by atoms with Crippen LogP contribution in [0.4, 0.5) is 8.78 Å². The molecule has 1 aliphatic heterocycles. The third kappa shape index (κ3) is 2.81. The van der Waals surface area contributed by atoms with Gasteiger partial charge in [-0.1, -0.05) is 37.9 Å². The first-order valence-electron chi connectivity index (χ1n) is 5.01. The van der Waals surface area contributed by atoms with Crippen LogP contribution in [0.5, 0.6) is 0 Å². The molecular formula is C11H11Br2F2N. The summed E-state index contributed by atoms with van der Waals surface area (Å²) in [6.45, 7) is 0.874. The van der Waals surface area contributed by atoms with E-state index in [9.17, 15) is 8.78 Å². The zero-order valence-electron chi connectivity index (χ0n) is 8.52. The maximum atomic E-state index is 13.0. The molecule has 16 heavy (non-hydrogen) atoms. The molecule has 88 valence electrons. The zero-order valence-corrected chi connectivity index (χ0v) is 11.7. The Kier molecular flexibility index (Phi) is 3.66. The van der Waals surface area contributed by atoms with Crippen molar-refractivity contribution >= 4 is 31.9 Å². The third-order valence-corrected chi connectivity index (χ3v) is 4.18. The van der Waals surface area contributed by atoms with Crippen LogP contribution < -0.4 is 0 Å². The predicted octanol–water partition coefficient (Wildman–Crippen LogP) is 4.05. The van der Waals surface area contributed by atoms with Crippen molar-refractivity contribution in [2.45, 2.75) is 18.9 Å². The van der Waals surface area contributed by atoms with Crippen molar-refractivity contribution in [3.05, 3.63) is 32.7 Å². The van der Waals surface area contributed by atoms with E-state index < -0.39 is 5.92 Å². The molecule has 0 bridgehead atoms. The number of rotatable bonds is 2. The van der Waals surface area contributed by atoms with Crippen LogP contribution >= 0.6 is 31.9 Å². The Bertz CT molecular complexity index is 375. The summed E-state index contributed by atoms with van der Waals surface area (Å²) in [6.07, 6.45) is -0.0327. The zero-order chi connectivity index (χ0) is 11.8. The van der Waals surface area contributed by atoms with Gasteiger partial charge >= 0.3 is 0 Å². The quantitative estimate of drug-likeness (QED) is 0.774. The first-order valence-corrected chi connectivity index (χ1v) is 6.60. The smallest absolute Gasteiger partial charge is 0.261 e. The summed E-state index contributed by atoms with van der Waals surface area (Å²) >= 11 is 6.88. The van der Waals surface area contributed by atoms with Gasteiger partial charge in [0, 0.05) is 28.5 Å². The highest BCUT2D eigenvalue weighted by atomic mass is 79.9. The second-order valence-electron chi connectivity index (χ2n) is 4.02. The van der Waals surface area contributed by atoms with Crippen LogP contribution in [-0.4, -0.2) is 23.9 Å². The fraction of sp³-hybridized carbons (Fsp3) is 0.455. The number of hydrogen-bond donors (Lipinski definition) is 0. The van der Waals surface area contributed by atoms with Crippen LogP contribution in [-0.2, 0) is 6.54 Å². The van der Waals surface area contributed by atoms with E-state index in [0.29, 0.717) is 13.1 Å². The van der Waals surface area contributed by atoms with Gasteiger partial charge in [0.1, 0.15) is 0 Å². The highest BCUT2D eigenvalue weighted by molar-refractivity contribution is 9.11. The number of halogens is 4. The number of hydrogen-bond acceptors (Lipinski definition) is 1. The second kappa shape index (κ2) is 4.70. The number of alkyl halides is 2. The average Bonchev–Trinajstić information content (AvgIpc) is 2.52. The van der Waals surface area contributed by atoms with Crippen LogP contribution in [0.2, 0.25) is 0 Å².